The Morgan fingerprint density at radius 3 is 2.56 bits per heavy atom. The van der Waals surface area contributed by atoms with Gasteiger partial charge in [0.15, 0.2) is 0 Å². The average Bonchev–Trinajstić information content (AvgIpc) is 2.38. The number of aromatic nitrogens is 1. The van der Waals surface area contributed by atoms with Gasteiger partial charge in [0.1, 0.15) is 10.7 Å². The molecule has 4 nitrogen and oxygen atoms in total. The first-order valence-electron chi connectivity index (χ1n) is 5.40. The second kappa shape index (κ2) is 5.55. The molecule has 0 aliphatic carbocycles. The molecule has 0 fully saturated rings. The van der Waals surface area contributed by atoms with Gasteiger partial charge in [0.2, 0.25) is 0 Å². The molecule has 2 rings (SSSR count). The van der Waals surface area contributed by atoms with Crippen molar-refractivity contribution in [2.45, 2.75) is 10.8 Å². The first-order valence-corrected chi connectivity index (χ1v) is 6.38. The second-order valence-electron chi connectivity index (χ2n) is 3.73. The number of hydrogen-bond acceptors (Lipinski definition) is 4. The second-order valence-corrected chi connectivity index (χ2v) is 4.69. The summed E-state index contributed by atoms with van der Waals surface area (Å²) in [4.78, 5) is 15.2. The number of nitrogen functional groups attached to an aromatic ring is 1. The third kappa shape index (κ3) is 3.01. The van der Waals surface area contributed by atoms with Crippen molar-refractivity contribution in [3.63, 3.8) is 0 Å². The van der Waals surface area contributed by atoms with Crippen molar-refractivity contribution in [2.24, 2.45) is 5.73 Å². The summed E-state index contributed by atoms with van der Waals surface area (Å²) in [5.41, 5.74) is 13.0. The predicted octanol–water partition coefficient (Wildman–Crippen LogP) is 2.05. The van der Waals surface area contributed by atoms with E-state index in [0.717, 1.165) is 5.75 Å². The number of thioether (sulfide) groups is 1. The topological polar surface area (TPSA) is 82.0 Å². The van der Waals surface area contributed by atoms with Gasteiger partial charge in [0.25, 0.3) is 5.91 Å². The highest BCUT2D eigenvalue weighted by Gasteiger charge is 2.07. The van der Waals surface area contributed by atoms with Crippen LogP contribution < -0.4 is 11.5 Å². The van der Waals surface area contributed by atoms with E-state index in [2.05, 4.69) is 4.98 Å². The van der Waals surface area contributed by atoms with Gasteiger partial charge in [0.05, 0.1) is 5.69 Å². The minimum atomic E-state index is -0.545. The van der Waals surface area contributed by atoms with Crippen LogP contribution >= 0.6 is 11.8 Å². The molecule has 1 aromatic carbocycles. The maximum absolute atomic E-state index is 11.0. The smallest absolute Gasteiger partial charge is 0.267 e. The van der Waals surface area contributed by atoms with E-state index in [1.165, 1.54) is 23.4 Å². The van der Waals surface area contributed by atoms with Crippen molar-refractivity contribution >= 4 is 23.4 Å². The molecule has 5 heteroatoms. The van der Waals surface area contributed by atoms with Crippen LogP contribution in [0.25, 0.3) is 0 Å². The number of carbonyl (C=O) groups excluding carboxylic acids is 1. The molecular weight excluding hydrogens is 246 g/mol. The lowest BCUT2D eigenvalue weighted by atomic mass is 10.2. The molecule has 1 aromatic heterocycles. The van der Waals surface area contributed by atoms with Crippen LogP contribution in [0.2, 0.25) is 0 Å². The number of rotatable bonds is 4. The molecule has 0 saturated carbocycles. The van der Waals surface area contributed by atoms with Crippen molar-refractivity contribution in [2.75, 3.05) is 5.73 Å². The van der Waals surface area contributed by atoms with E-state index in [4.69, 9.17) is 11.5 Å². The molecular formula is C13H13N3OS. The molecule has 92 valence electrons. The van der Waals surface area contributed by atoms with Gasteiger partial charge < -0.3 is 11.5 Å². The van der Waals surface area contributed by atoms with E-state index in [1.807, 2.05) is 30.3 Å². The minimum absolute atomic E-state index is 0.236. The van der Waals surface area contributed by atoms with Crippen LogP contribution in [-0.2, 0) is 5.75 Å². The summed E-state index contributed by atoms with van der Waals surface area (Å²) >= 11 is 1.49. The summed E-state index contributed by atoms with van der Waals surface area (Å²) in [5.74, 6) is 0.205. The van der Waals surface area contributed by atoms with Crippen molar-refractivity contribution in [3.05, 3.63) is 53.7 Å². The zero-order valence-electron chi connectivity index (χ0n) is 9.67. The molecule has 0 saturated heterocycles. The summed E-state index contributed by atoms with van der Waals surface area (Å²) < 4.78 is 0. The van der Waals surface area contributed by atoms with Crippen molar-refractivity contribution in [1.82, 2.24) is 4.98 Å². The molecule has 0 aliphatic heterocycles. The quantitative estimate of drug-likeness (QED) is 0.823. The Kier molecular flexibility index (Phi) is 3.84. The monoisotopic (exact) mass is 259 g/mol. The lowest BCUT2D eigenvalue weighted by molar-refractivity contribution is 0.0995. The Labute approximate surface area is 109 Å². The number of nitrogens with two attached hydrogens (primary N) is 2. The number of primary amides is 1. The van der Waals surface area contributed by atoms with Crippen LogP contribution in [0.15, 0.2) is 47.5 Å². The van der Waals surface area contributed by atoms with Crippen molar-refractivity contribution in [3.8, 4) is 0 Å². The van der Waals surface area contributed by atoms with Crippen LogP contribution in [0.3, 0.4) is 0 Å². The maximum Gasteiger partial charge on any atom is 0.267 e. The fraction of sp³-hybridized carbons (Fsp3) is 0.0769. The first kappa shape index (κ1) is 12.4. The third-order valence-corrected chi connectivity index (χ3v) is 3.44. The van der Waals surface area contributed by atoms with Gasteiger partial charge in [-0.3, -0.25) is 4.79 Å². The largest absolute Gasteiger partial charge is 0.397 e. The lowest BCUT2D eigenvalue weighted by Crippen LogP contribution is -2.13. The van der Waals surface area contributed by atoms with E-state index in [9.17, 15) is 4.79 Å². The number of benzene rings is 1. The lowest BCUT2D eigenvalue weighted by Gasteiger charge is -2.05. The Morgan fingerprint density at radius 1 is 1.17 bits per heavy atom. The van der Waals surface area contributed by atoms with Gasteiger partial charge in [-0.05, 0) is 17.7 Å². The van der Waals surface area contributed by atoms with Crippen LogP contribution in [-0.4, -0.2) is 10.9 Å². The summed E-state index contributed by atoms with van der Waals surface area (Å²) in [6, 6.07) is 13.2. The van der Waals surface area contributed by atoms with Crippen LogP contribution in [0.1, 0.15) is 16.1 Å². The normalized spacial score (nSPS) is 10.2. The summed E-state index contributed by atoms with van der Waals surface area (Å²) in [7, 11) is 0. The van der Waals surface area contributed by atoms with E-state index >= 15 is 0 Å². The van der Waals surface area contributed by atoms with Gasteiger partial charge in [0, 0.05) is 5.75 Å². The van der Waals surface area contributed by atoms with Gasteiger partial charge >= 0.3 is 0 Å². The Morgan fingerprint density at radius 2 is 1.89 bits per heavy atom. The SMILES string of the molecule is NC(=O)c1ccc(N)c(SCc2ccccc2)n1. The minimum Gasteiger partial charge on any atom is -0.397 e. The first-order chi connectivity index (χ1) is 8.66. The van der Waals surface area contributed by atoms with Crippen LogP contribution in [0, 0.1) is 0 Å². The van der Waals surface area contributed by atoms with Crippen molar-refractivity contribution in [1.29, 1.82) is 0 Å². The summed E-state index contributed by atoms with van der Waals surface area (Å²) in [6.07, 6.45) is 0. The summed E-state index contributed by atoms with van der Waals surface area (Å²) in [6.45, 7) is 0. The highest BCUT2D eigenvalue weighted by atomic mass is 32.2. The van der Waals surface area contributed by atoms with Gasteiger partial charge in [-0.25, -0.2) is 4.98 Å². The molecule has 18 heavy (non-hydrogen) atoms. The number of carbonyl (C=O) groups is 1. The molecule has 0 aliphatic rings. The zero-order valence-corrected chi connectivity index (χ0v) is 10.5. The van der Waals surface area contributed by atoms with Gasteiger partial charge in [-0.15, -0.1) is 0 Å². The number of amides is 1. The highest BCUT2D eigenvalue weighted by molar-refractivity contribution is 7.98. The Hall–Kier alpha value is -2.01. The Bertz CT molecular complexity index is 557. The molecule has 0 radical (unpaired) electrons. The fourth-order valence-corrected chi connectivity index (χ4v) is 2.32. The van der Waals surface area contributed by atoms with Crippen LogP contribution in [0.5, 0.6) is 0 Å². The molecule has 2 aromatic rings. The maximum atomic E-state index is 11.0. The average molecular weight is 259 g/mol. The fourth-order valence-electron chi connectivity index (χ4n) is 1.43. The highest BCUT2D eigenvalue weighted by Crippen LogP contribution is 2.26. The Balaban J connectivity index is 2.14. The molecule has 4 N–H and O–H groups in total. The van der Waals surface area contributed by atoms with Crippen LogP contribution in [0.4, 0.5) is 5.69 Å². The van der Waals surface area contributed by atoms with E-state index in [1.54, 1.807) is 6.07 Å². The number of hydrogen-bond donors (Lipinski definition) is 2. The predicted molar refractivity (Wildman–Crippen MR) is 73.2 cm³/mol. The van der Waals surface area contributed by atoms with E-state index in [0.29, 0.717) is 10.7 Å². The van der Waals surface area contributed by atoms with E-state index in [-0.39, 0.29) is 5.69 Å². The standard InChI is InChI=1S/C13H13N3OS/c14-10-6-7-11(12(15)17)16-13(10)18-8-9-4-2-1-3-5-9/h1-7H,8,14H2,(H2,15,17). The molecule has 0 spiro atoms. The summed E-state index contributed by atoms with van der Waals surface area (Å²) in [5, 5.41) is 0.634. The molecule has 1 heterocycles. The zero-order chi connectivity index (χ0) is 13.0. The molecule has 0 atom stereocenters. The molecule has 1 amide bonds. The number of anilines is 1. The molecule has 0 unspecified atom stereocenters. The molecule has 0 bridgehead atoms. The third-order valence-electron chi connectivity index (χ3n) is 2.36. The number of nitrogens with zero attached hydrogens (tertiary/aromatic N) is 1. The number of pyridine rings is 1. The van der Waals surface area contributed by atoms with E-state index < -0.39 is 5.91 Å². The van der Waals surface area contributed by atoms with Crippen molar-refractivity contribution < 1.29 is 4.79 Å². The van der Waals surface area contributed by atoms with Gasteiger partial charge in [-0.1, -0.05) is 42.1 Å². The van der Waals surface area contributed by atoms with Gasteiger partial charge in [-0.2, -0.15) is 0 Å².